The van der Waals surface area contributed by atoms with Crippen molar-refractivity contribution in [2.24, 2.45) is 0 Å². The van der Waals surface area contributed by atoms with Gasteiger partial charge in [0.25, 0.3) is 5.69 Å². The molecule has 0 radical (unpaired) electrons. The molecule has 0 saturated heterocycles. The lowest BCUT2D eigenvalue weighted by molar-refractivity contribution is -0.385. The maximum absolute atomic E-state index is 11.2. The Labute approximate surface area is 93.1 Å². The van der Waals surface area contributed by atoms with Crippen LogP contribution in [0.1, 0.15) is 10.4 Å². The third-order valence-corrected chi connectivity index (χ3v) is 2.31. The highest BCUT2D eigenvalue weighted by Crippen LogP contribution is 2.23. The summed E-state index contributed by atoms with van der Waals surface area (Å²) in [6.07, 6.45) is 0. The molecule has 0 atom stereocenters. The number of nitro groups is 1. The van der Waals surface area contributed by atoms with E-state index in [0.29, 0.717) is 4.47 Å². The predicted octanol–water partition coefficient (Wildman–Crippen LogP) is 2.78. The number of hydrogen-bond acceptors (Lipinski definition) is 3. The molecular weight excluding hydrogens is 273 g/mol. The van der Waals surface area contributed by atoms with Gasteiger partial charge in [-0.15, -0.1) is 11.6 Å². The minimum atomic E-state index is -0.605. The van der Waals surface area contributed by atoms with Crippen LogP contribution in [0.15, 0.2) is 22.7 Å². The zero-order chi connectivity index (χ0) is 10.7. The molecule has 0 N–H and O–H groups in total. The second-order valence-corrected chi connectivity index (χ2v) is 3.66. The second kappa shape index (κ2) is 4.52. The third kappa shape index (κ3) is 2.30. The molecule has 0 heterocycles. The number of nitrogens with zero attached hydrogens (tertiary/aromatic N) is 1. The highest BCUT2D eigenvalue weighted by Gasteiger charge is 2.19. The highest BCUT2D eigenvalue weighted by molar-refractivity contribution is 9.10. The van der Waals surface area contributed by atoms with E-state index in [2.05, 4.69) is 15.9 Å². The number of hydrogen-bond donors (Lipinski definition) is 0. The average Bonchev–Trinajstić information content (AvgIpc) is 2.16. The van der Waals surface area contributed by atoms with Crippen LogP contribution >= 0.6 is 27.5 Å². The quantitative estimate of drug-likeness (QED) is 0.370. The van der Waals surface area contributed by atoms with E-state index in [-0.39, 0.29) is 17.1 Å². The lowest BCUT2D eigenvalue weighted by Gasteiger charge is -1.99. The molecule has 74 valence electrons. The minimum absolute atomic E-state index is 0.0272. The molecule has 0 amide bonds. The van der Waals surface area contributed by atoms with E-state index in [4.69, 9.17) is 11.6 Å². The van der Waals surface area contributed by atoms with Crippen LogP contribution in [-0.4, -0.2) is 16.6 Å². The molecule has 0 fully saturated rings. The Morgan fingerprint density at radius 2 is 2.21 bits per heavy atom. The number of alkyl halides is 1. The van der Waals surface area contributed by atoms with E-state index in [9.17, 15) is 14.9 Å². The van der Waals surface area contributed by atoms with Crippen molar-refractivity contribution < 1.29 is 9.72 Å². The van der Waals surface area contributed by atoms with Gasteiger partial charge in [-0.2, -0.15) is 0 Å². The number of nitro benzene ring substituents is 1. The fraction of sp³-hybridized carbons (Fsp3) is 0.125. The molecule has 4 nitrogen and oxygen atoms in total. The number of halogens is 2. The fourth-order valence-electron chi connectivity index (χ4n) is 0.963. The van der Waals surface area contributed by atoms with E-state index in [1.807, 2.05) is 0 Å². The number of carbonyl (C=O) groups is 1. The van der Waals surface area contributed by atoms with E-state index >= 15 is 0 Å². The normalized spacial score (nSPS) is 9.86. The topological polar surface area (TPSA) is 60.2 Å². The Kier molecular flexibility index (Phi) is 3.60. The van der Waals surface area contributed by atoms with Crippen molar-refractivity contribution in [1.29, 1.82) is 0 Å². The number of benzene rings is 1. The molecule has 14 heavy (non-hydrogen) atoms. The molecule has 0 spiro atoms. The molecule has 6 heteroatoms. The smallest absolute Gasteiger partial charge is 0.280 e. The largest absolute Gasteiger partial charge is 0.293 e. The molecule has 1 aromatic rings. The van der Waals surface area contributed by atoms with Crippen LogP contribution in [0.4, 0.5) is 5.69 Å². The van der Waals surface area contributed by atoms with Gasteiger partial charge in [-0.05, 0) is 12.1 Å². The summed E-state index contributed by atoms with van der Waals surface area (Å²) in [6, 6.07) is 4.16. The van der Waals surface area contributed by atoms with Crippen LogP contribution < -0.4 is 0 Å². The van der Waals surface area contributed by atoms with Crippen LogP contribution in [0.2, 0.25) is 0 Å². The summed E-state index contributed by atoms with van der Waals surface area (Å²) in [5.41, 5.74) is -0.196. The number of Topliss-reactive ketones (excluding diaryl/α,β-unsaturated/α-hetero) is 1. The summed E-state index contributed by atoms with van der Waals surface area (Å²) in [7, 11) is 0. The van der Waals surface area contributed by atoms with Crippen LogP contribution in [-0.2, 0) is 0 Å². The maximum Gasteiger partial charge on any atom is 0.280 e. The van der Waals surface area contributed by atoms with Crippen molar-refractivity contribution in [2.75, 3.05) is 5.88 Å². The molecule has 1 aromatic carbocycles. The zero-order valence-corrected chi connectivity index (χ0v) is 9.21. The van der Waals surface area contributed by atoms with Gasteiger partial charge in [-0.3, -0.25) is 14.9 Å². The first kappa shape index (κ1) is 11.1. The van der Waals surface area contributed by atoms with Crippen LogP contribution in [0.3, 0.4) is 0 Å². The molecule has 0 saturated carbocycles. The van der Waals surface area contributed by atoms with Crippen molar-refractivity contribution in [3.63, 3.8) is 0 Å². The average molecular weight is 278 g/mol. The van der Waals surface area contributed by atoms with Gasteiger partial charge in [0.1, 0.15) is 0 Å². The summed E-state index contributed by atoms with van der Waals surface area (Å²) in [5, 5.41) is 10.5. The number of carbonyl (C=O) groups excluding carboxylic acids is 1. The first-order valence-corrected chi connectivity index (χ1v) is 4.92. The van der Waals surface area contributed by atoms with Gasteiger partial charge in [0.2, 0.25) is 0 Å². The Bertz CT molecular complexity index is 394. The van der Waals surface area contributed by atoms with Gasteiger partial charge in [-0.25, -0.2) is 0 Å². The molecule has 0 unspecified atom stereocenters. The van der Waals surface area contributed by atoms with E-state index in [1.54, 1.807) is 0 Å². The van der Waals surface area contributed by atoms with E-state index in [0.717, 1.165) is 0 Å². The number of rotatable bonds is 3. The van der Waals surface area contributed by atoms with Gasteiger partial charge in [0.05, 0.1) is 16.4 Å². The Balaban J connectivity index is 3.29. The predicted molar refractivity (Wildman–Crippen MR) is 55.8 cm³/mol. The van der Waals surface area contributed by atoms with E-state index < -0.39 is 10.7 Å². The van der Waals surface area contributed by atoms with Gasteiger partial charge in [-0.1, -0.05) is 15.9 Å². The second-order valence-electron chi connectivity index (χ2n) is 2.48. The Hall–Kier alpha value is -0.940. The highest BCUT2D eigenvalue weighted by atomic mass is 79.9. The van der Waals surface area contributed by atoms with Crippen LogP contribution in [0.25, 0.3) is 0 Å². The number of ketones is 1. The van der Waals surface area contributed by atoms with Crippen LogP contribution in [0, 0.1) is 10.1 Å². The summed E-state index contributed by atoms with van der Waals surface area (Å²) >= 11 is 8.45. The third-order valence-electron chi connectivity index (χ3n) is 1.58. The van der Waals surface area contributed by atoms with Crippen molar-refractivity contribution in [1.82, 2.24) is 0 Å². The van der Waals surface area contributed by atoms with Gasteiger partial charge < -0.3 is 0 Å². The summed E-state index contributed by atoms with van der Waals surface area (Å²) in [4.78, 5) is 21.2. The monoisotopic (exact) mass is 277 g/mol. The lowest BCUT2D eigenvalue weighted by atomic mass is 10.1. The molecule has 1 rings (SSSR count). The summed E-state index contributed by atoms with van der Waals surface area (Å²) < 4.78 is 0.608. The van der Waals surface area contributed by atoms with E-state index in [1.165, 1.54) is 18.2 Å². The molecule has 0 aliphatic carbocycles. The standard InChI is InChI=1S/C8H5BrClNO3/c9-5-1-2-7(11(13)14)6(3-5)8(12)4-10/h1-3H,4H2. The molecule has 0 aliphatic heterocycles. The maximum atomic E-state index is 11.2. The van der Waals surface area contributed by atoms with Crippen molar-refractivity contribution in [3.05, 3.63) is 38.3 Å². The zero-order valence-electron chi connectivity index (χ0n) is 6.87. The van der Waals surface area contributed by atoms with Crippen molar-refractivity contribution >= 4 is 39.0 Å². The Morgan fingerprint density at radius 1 is 1.57 bits per heavy atom. The first-order valence-electron chi connectivity index (χ1n) is 3.59. The SMILES string of the molecule is O=C(CCl)c1cc(Br)ccc1[N+](=O)[O-]. The molecule has 0 aliphatic rings. The van der Waals surface area contributed by atoms with Gasteiger partial charge in [0.15, 0.2) is 5.78 Å². The summed E-state index contributed by atoms with van der Waals surface area (Å²) in [5.74, 6) is -0.725. The summed E-state index contributed by atoms with van der Waals surface area (Å²) in [6.45, 7) is 0. The lowest BCUT2D eigenvalue weighted by Crippen LogP contribution is -2.04. The molecular formula is C8H5BrClNO3. The molecule has 0 aromatic heterocycles. The van der Waals surface area contributed by atoms with Crippen molar-refractivity contribution in [2.45, 2.75) is 0 Å². The van der Waals surface area contributed by atoms with Crippen LogP contribution in [0.5, 0.6) is 0 Å². The minimum Gasteiger partial charge on any atom is -0.293 e. The molecule has 0 bridgehead atoms. The fourth-order valence-corrected chi connectivity index (χ4v) is 1.47. The van der Waals surface area contributed by atoms with Crippen molar-refractivity contribution in [3.8, 4) is 0 Å². The Morgan fingerprint density at radius 3 is 2.71 bits per heavy atom. The first-order chi connectivity index (χ1) is 6.56. The van der Waals surface area contributed by atoms with Gasteiger partial charge in [0, 0.05) is 10.5 Å². The van der Waals surface area contributed by atoms with Gasteiger partial charge >= 0.3 is 0 Å².